The van der Waals surface area contributed by atoms with E-state index in [4.69, 9.17) is 0 Å². The van der Waals surface area contributed by atoms with Gasteiger partial charge in [-0.15, -0.1) is 11.3 Å². The molecular formula is C20H21N4O2S2+. The third-order valence-electron chi connectivity index (χ3n) is 4.70. The van der Waals surface area contributed by atoms with Crippen molar-refractivity contribution in [1.29, 1.82) is 0 Å². The van der Waals surface area contributed by atoms with Crippen molar-refractivity contribution in [3.05, 3.63) is 56.5 Å². The number of hydrogen-bond acceptors (Lipinski definition) is 5. The minimum Gasteiger partial charge on any atom is -0.291 e. The average Bonchev–Trinajstić information content (AvgIpc) is 3.12. The maximum atomic E-state index is 13.2. The Morgan fingerprint density at radius 1 is 1.32 bits per heavy atom. The second kappa shape index (κ2) is 7.52. The van der Waals surface area contributed by atoms with Gasteiger partial charge in [0.2, 0.25) is 11.1 Å². The van der Waals surface area contributed by atoms with E-state index in [1.807, 2.05) is 56.5 Å². The Balaban J connectivity index is 2.05. The molecule has 2 aromatic heterocycles. The molecule has 0 spiro atoms. The zero-order chi connectivity index (χ0) is 19.8. The minimum atomic E-state index is -0.476. The predicted octanol–water partition coefficient (Wildman–Crippen LogP) is 3.51. The number of H-pyrrole nitrogens is 1. The summed E-state index contributed by atoms with van der Waals surface area (Å²) in [5.74, 6) is 0.0249. The number of para-hydroxylation sites is 1. The normalized spacial score (nSPS) is 15.2. The van der Waals surface area contributed by atoms with Crippen molar-refractivity contribution in [2.45, 2.75) is 38.0 Å². The molecule has 1 aromatic carbocycles. The molecule has 0 bridgehead atoms. The molecule has 1 aliphatic heterocycles. The first kappa shape index (κ1) is 18.9. The van der Waals surface area contributed by atoms with Gasteiger partial charge in [0.15, 0.2) is 0 Å². The van der Waals surface area contributed by atoms with E-state index in [0.717, 1.165) is 27.4 Å². The largest absolute Gasteiger partial charge is 0.325 e. The van der Waals surface area contributed by atoms with Gasteiger partial charge >= 0.3 is 17.4 Å². The summed E-state index contributed by atoms with van der Waals surface area (Å²) in [5, 5.41) is 5.21. The first-order valence-electron chi connectivity index (χ1n) is 9.13. The van der Waals surface area contributed by atoms with Gasteiger partial charge in [-0.05, 0) is 48.5 Å². The zero-order valence-corrected chi connectivity index (χ0v) is 17.6. The molecule has 0 radical (unpaired) electrons. The van der Waals surface area contributed by atoms with Crippen LogP contribution in [0.1, 0.15) is 35.7 Å². The topological polar surface area (TPSA) is 69.9 Å². The monoisotopic (exact) mass is 413 g/mol. The van der Waals surface area contributed by atoms with E-state index in [9.17, 15) is 9.59 Å². The van der Waals surface area contributed by atoms with Crippen molar-refractivity contribution in [2.75, 3.05) is 11.2 Å². The van der Waals surface area contributed by atoms with E-state index in [2.05, 4.69) is 10.1 Å². The standard InChI is InChI=1S/C20H20N4O2S2/c1-4-7-16(25)23-14-9-6-5-8-13(14)17-18(26)21-20(27-3)22-24(17)19(23)15-11-10-12(2)28-15/h5-6,8-11,19H,4,7H2,1-3H3/p+1/t19-/m0/s1. The Hall–Kier alpha value is -2.45. The summed E-state index contributed by atoms with van der Waals surface area (Å²) in [6, 6.07) is 11.6. The third-order valence-corrected chi connectivity index (χ3v) is 6.31. The van der Waals surface area contributed by atoms with Crippen LogP contribution < -0.4 is 15.1 Å². The molecule has 28 heavy (non-hydrogen) atoms. The van der Waals surface area contributed by atoms with Crippen LogP contribution in [0.2, 0.25) is 0 Å². The Labute approximate surface area is 171 Å². The highest BCUT2D eigenvalue weighted by Gasteiger charge is 2.46. The van der Waals surface area contributed by atoms with Gasteiger partial charge < -0.3 is 0 Å². The number of carbonyl (C=O) groups is 1. The number of amides is 1. The smallest absolute Gasteiger partial charge is 0.291 e. The molecule has 1 amide bonds. The number of nitrogens with one attached hydrogen (secondary N) is 1. The van der Waals surface area contributed by atoms with Crippen molar-refractivity contribution >= 4 is 34.7 Å². The van der Waals surface area contributed by atoms with Gasteiger partial charge in [0.1, 0.15) is 0 Å². The van der Waals surface area contributed by atoms with E-state index in [-0.39, 0.29) is 11.5 Å². The van der Waals surface area contributed by atoms with Gasteiger partial charge in [-0.1, -0.05) is 30.8 Å². The summed E-state index contributed by atoms with van der Waals surface area (Å²) in [7, 11) is 0. The highest BCUT2D eigenvalue weighted by molar-refractivity contribution is 7.98. The average molecular weight is 414 g/mol. The van der Waals surface area contributed by atoms with Gasteiger partial charge in [0.05, 0.1) is 16.1 Å². The minimum absolute atomic E-state index is 0.0249. The molecule has 3 heterocycles. The van der Waals surface area contributed by atoms with Crippen molar-refractivity contribution in [1.82, 2.24) is 10.1 Å². The lowest BCUT2D eigenvalue weighted by Crippen LogP contribution is -2.60. The van der Waals surface area contributed by atoms with E-state index in [1.54, 1.807) is 20.9 Å². The molecule has 1 N–H and O–H groups in total. The van der Waals surface area contributed by atoms with Crippen LogP contribution in [0.3, 0.4) is 0 Å². The molecule has 1 aliphatic rings. The number of aryl methyl sites for hydroxylation is 1. The van der Waals surface area contributed by atoms with Gasteiger partial charge in [-0.3, -0.25) is 14.6 Å². The highest BCUT2D eigenvalue weighted by atomic mass is 32.2. The summed E-state index contributed by atoms with van der Waals surface area (Å²) < 4.78 is 1.71. The van der Waals surface area contributed by atoms with Crippen molar-refractivity contribution < 1.29 is 9.48 Å². The van der Waals surface area contributed by atoms with E-state index >= 15 is 0 Å². The fourth-order valence-electron chi connectivity index (χ4n) is 3.52. The molecule has 0 unspecified atom stereocenters. The number of aromatic amines is 1. The molecule has 0 saturated carbocycles. The van der Waals surface area contributed by atoms with Gasteiger partial charge in [0.25, 0.3) is 0 Å². The molecular weight excluding hydrogens is 392 g/mol. The maximum Gasteiger partial charge on any atom is 0.325 e. The SMILES string of the molecule is CCCC(=O)N1c2ccccc2-c2c(=O)[nH]c(SC)n[n+]2[C@H]1c1ccc(C)s1. The fraction of sp³-hybridized carbons (Fsp3) is 0.300. The summed E-state index contributed by atoms with van der Waals surface area (Å²) in [5.41, 5.74) is 1.75. The van der Waals surface area contributed by atoms with Crippen molar-refractivity contribution in [2.24, 2.45) is 0 Å². The van der Waals surface area contributed by atoms with Crippen LogP contribution in [-0.2, 0) is 4.79 Å². The van der Waals surface area contributed by atoms with Gasteiger partial charge in [-0.2, -0.15) is 0 Å². The molecule has 144 valence electrons. The summed E-state index contributed by atoms with van der Waals surface area (Å²) in [4.78, 5) is 32.9. The summed E-state index contributed by atoms with van der Waals surface area (Å²) >= 11 is 2.99. The molecule has 6 nitrogen and oxygen atoms in total. The summed E-state index contributed by atoms with van der Waals surface area (Å²) in [6.07, 6.45) is 2.58. The number of hydrogen-bond donors (Lipinski definition) is 1. The Kier molecular flexibility index (Phi) is 5.07. The van der Waals surface area contributed by atoms with Gasteiger partial charge in [0, 0.05) is 16.4 Å². The van der Waals surface area contributed by atoms with Crippen LogP contribution in [0.4, 0.5) is 5.69 Å². The number of fused-ring (bicyclic) bond motifs is 3. The second-order valence-electron chi connectivity index (χ2n) is 6.61. The molecule has 1 atom stereocenters. The molecule has 4 rings (SSSR count). The van der Waals surface area contributed by atoms with Crippen LogP contribution in [0.25, 0.3) is 11.3 Å². The number of rotatable bonds is 4. The molecule has 8 heteroatoms. The van der Waals surface area contributed by atoms with Crippen LogP contribution in [0, 0.1) is 6.92 Å². The number of aromatic nitrogens is 3. The summed E-state index contributed by atoms with van der Waals surface area (Å²) in [6.45, 7) is 4.03. The lowest BCUT2D eigenvalue weighted by molar-refractivity contribution is -0.762. The number of thiophene rings is 1. The molecule has 3 aromatic rings. The number of nitrogens with zero attached hydrogens (tertiary/aromatic N) is 3. The van der Waals surface area contributed by atoms with Crippen LogP contribution >= 0.6 is 23.1 Å². The van der Waals surface area contributed by atoms with Crippen LogP contribution in [-0.4, -0.2) is 22.2 Å². The Morgan fingerprint density at radius 3 is 2.79 bits per heavy atom. The Bertz CT molecular complexity index is 1110. The quantitative estimate of drug-likeness (QED) is 0.525. The van der Waals surface area contributed by atoms with Gasteiger partial charge in [-0.25, -0.2) is 4.90 Å². The maximum absolute atomic E-state index is 13.2. The van der Waals surface area contributed by atoms with Crippen LogP contribution in [0.15, 0.2) is 46.3 Å². The highest BCUT2D eigenvalue weighted by Crippen LogP contribution is 2.39. The van der Waals surface area contributed by atoms with E-state index in [1.165, 1.54) is 11.8 Å². The third kappa shape index (κ3) is 3.06. The van der Waals surface area contributed by atoms with E-state index < -0.39 is 6.17 Å². The molecule has 0 aliphatic carbocycles. The lowest BCUT2D eigenvalue weighted by Gasteiger charge is -2.31. The van der Waals surface area contributed by atoms with E-state index in [0.29, 0.717) is 17.3 Å². The number of thioether (sulfide) groups is 1. The molecule has 0 saturated heterocycles. The van der Waals surface area contributed by atoms with Crippen LogP contribution in [0.5, 0.6) is 0 Å². The first-order valence-corrected chi connectivity index (χ1v) is 11.2. The van der Waals surface area contributed by atoms with Crippen molar-refractivity contribution in [3.8, 4) is 11.3 Å². The Morgan fingerprint density at radius 2 is 2.11 bits per heavy atom. The fourth-order valence-corrected chi connectivity index (χ4v) is 4.84. The molecule has 0 fully saturated rings. The first-order chi connectivity index (χ1) is 13.5. The zero-order valence-electron chi connectivity index (χ0n) is 15.9. The number of carbonyl (C=O) groups excluding carboxylic acids is 1. The van der Waals surface area contributed by atoms with Crippen molar-refractivity contribution in [3.63, 3.8) is 0 Å². The second-order valence-corrected chi connectivity index (χ2v) is 8.72. The number of benzene rings is 1. The number of anilines is 1. The predicted molar refractivity (Wildman–Crippen MR) is 112 cm³/mol. The lowest BCUT2D eigenvalue weighted by atomic mass is 10.0.